The van der Waals surface area contributed by atoms with Gasteiger partial charge in [0.1, 0.15) is 17.8 Å². The Labute approximate surface area is 154 Å². The van der Waals surface area contributed by atoms with Crippen LogP contribution in [0.15, 0.2) is 73.1 Å². The lowest BCUT2D eigenvalue weighted by atomic mass is 10.2. The number of aromatic carboxylic acids is 1. The summed E-state index contributed by atoms with van der Waals surface area (Å²) in [7, 11) is 0. The second-order valence-corrected chi connectivity index (χ2v) is 6.11. The highest BCUT2D eigenvalue weighted by Crippen LogP contribution is 2.25. The molecule has 0 radical (unpaired) electrons. The first-order valence-electron chi connectivity index (χ1n) is 7.84. The van der Waals surface area contributed by atoms with Crippen molar-refractivity contribution in [1.82, 2.24) is 9.55 Å². The highest BCUT2D eigenvalue weighted by Gasteiger charge is 2.09. The lowest BCUT2D eigenvalue weighted by Crippen LogP contribution is -1.96. The monoisotopic (exact) mass is 364 g/mol. The fourth-order valence-electron chi connectivity index (χ4n) is 2.66. The molecule has 0 spiro atoms. The summed E-state index contributed by atoms with van der Waals surface area (Å²) in [4.78, 5) is 15.4. The second kappa shape index (κ2) is 6.54. The van der Waals surface area contributed by atoms with E-state index in [1.165, 1.54) is 0 Å². The molecule has 1 N–H and O–H groups in total. The van der Waals surface area contributed by atoms with Gasteiger partial charge in [-0.15, -0.1) is 0 Å². The van der Waals surface area contributed by atoms with Gasteiger partial charge in [-0.25, -0.2) is 9.78 Å². The molecule has 0 unspecified atom stereocenters. The summed E-state index contributed by atoms with van der Waals surface area (Å²) in [6, 6.07) is 19.6. The van der Waals surface area contributed by atoms with Crippen LogP contribution in [0.2, 0.25) is 5.02 Å². The number of ether oxygens (including phenoxy) is 1. The maximum absolute atomic E-state index is 11.1. The number of halogens is 1. The number of imidazole rings is 1. The van der Waals surface area contributed by atoms with Crippen molar-refractivity contribution in [2.24, 2.45) is 0 Å². The summed E-state index contributed by atoms with van der Waals surface area (Å²) >= 11 is 5.87. The fourth-order valence-corrected chi connectivity index (χ4v) is 2.79. The van der Waals surface area contributed by atoms with Gasteiger partial charge in [-0.05, 0) is 66.7 Å². The number of aromatic nitrogens is 2. The molecule has 26 heavy (non-hydrogen) atoms. The van der Waals surface area contributed by atoms with Crippen molar-refractivity contribution < 1.29 is 14.6 Å². The van der Waals surface area contributed by atoms with Gasteiger partial charge < -0.3 is 9.84 Å². The van der Waals surface area contributed by atoms with Crippen LogP contribution in [0.4, 0.5) is 0 Å². The Morgan fingerprint density at radius 1 is 0.962 bits per heavy atom. The Morgan fingerprint density at radius 2 is 1.62 bits per heavy atom. The molecule has 1 heterocycles. The number of carboxylic acid groups (broad SMARTS) is 1. The first-order valence-corrected chi connectivity index (χ1v) is 8.22. The molecule has 4 aromatic rings. The lowest BCUT2D eigenvalue weighted by Gasteiger charge is -2.08. The van der Waals surface area contributed by atoms with E-state index in [4.69, 9.17) is 21.4 Å². The zero-order valence-electron chi connectivity index (χ0n) is 13.5. The third-order valence-electron chi connectivity index (χ3n) is 3.96. The molecule has 0 saturated heterocycles. The van der Waals surface area contributed by atoms with E-state index in [-0.39, 0.29) is 5.56 Å². The van der Waals surface area contributed by atoms with Crippen molar-refractivity contribution in [3.8, 4) is 17.2 Å². The minimum Gasteiger partial charge on any atom is -0.478 e. The first-order chi connectivity index (χ1) is 12.6. The Bertz CT molecular complexity index is 1090. The number of carbonyl (C=O) groups is 1. The number of nitrogens with zero attached hydrogens (tertiary/aromatic N) is 2. The quantitative estimate of drug-likeness (QED) is 0.542. The third-order valence-corrected chi connectivity index (χ3v) is 4.21. The minimum absolute atomic E-state index is 0.217. The van der Waals surface area contributed by atoms with E-state index in [9.17, 15) is 4.79 Å². The molecule has 0 amide bonds. The molecule has 0 aliphatic rings. The van der Waals surface area contributed by atoms with Crippen molar-refractivity contribution in [3.63, 3.8) is 0 Å². The van der Waals surface area contributed by atoms with Crippen molar-refractivity contribution >= 4 is 28.6 Å². The SMILES string of the molecule is O=C(O)c1ccc2c(c1)ncn2-c1ccc(Oc2ccc(Cl)cc2)cc1. The predicted octanol–water partition coefficient (Wildman–Crippen LogP) is 5.17. The molecule has 0 fully saturated rings. The Morgan fingerprint density at radius 3 is 2.27 bits per heavy atom. The number of benzene rings is 3. The summed E-state index contributed by atoms with van der Waals surface area (Å²) in [6.45, 7) is 0. The van der Waals surface area contributed by atoms with Gasteiger partial charge in [0.2, 0.25) is 0 Å². The van der Waals surface area contributed by atoms with Crippen LogP contribution in [0.25, 0.3) is 16.7 Å². The number of carboxylic acids is 1. The van der Waals surface area contributed by atoms with Crippen LogP contribution in [0.3, 0.4) is 0 Å². The van der Waals surface area contributed by atoms with Crippen LogP contribution >= 0.6 is 11.6 Å². The molecule has 1 aromatic heterocycles. The molecule has 0 saturated carbocycles. The standard InChI is InChI=1S/C20H13ClN2O3/c21-14-2-6-16(7-3-14)26-17-8-4-15(5-9-17)23-12-22-18-11-13(20(24)25)1-10-19(18)23/h1-12H,(H,24,25). The molecule has 0 aliphatic heterocycles. The van der Waals surface area contributed by atoms with Crippen molar-refractivity contribution in [1.29, 1.82) is 0 Å². The van der Waals surface area contributed by atoms with Crippen LogP contribution in [-0.2, 0) is 0 Å². The fraction of sp³-hybridized carbons (Fsp3) is 0. The van der Waals surface area contributed by atoms with Gasteiger partial charge in [-0.1, -0.05) is 11.6 Å². The van der Waals surface area contributed by atoms with Crippen LogP contribution in [-0.4, -0.2) is 20.6 Å². The largest absolute Gasteiger partial charge is 0.478 e. The summed E-state index contributed by atoms with van der Waals surface area (Å²) < 4.78 is 7.68. The van der Waals surface area contributed by atoms with E-state index in [0.29, 0.717) is 22.0 Å². The molecule has 0 atom stereocenters. The van der Waals surface area contributed by atoms with Gasteiger partial charge in [0.05, 0.1) is 16.6 Å². The average Bonchev–Trinajstić information content (AvgIpc) is 3.07. The van der Waals surface area contributed by atoms with Crippen LogP contribution in [0, 0.1) is 0 Å². The van der Waals surface area contributed by atoms with Gasteiger partial charge in [0, 0.05) is 10.7 Å². The van der Waals surface area contributed by atoms with Gasteiger partial charge in [0.25, 0.3) is 0 Å². The van der Waals surface area contributed by atoms with E-state index in [0.717, 1.165) is 11.2 Å². The molecule has 0 aliphatic carbocycles. The number of hydrogen-bond donors (Lipinski definition) is 1. The minimum atomic E-state index is -0.967. The molecular formula is C20H13ClN2O3. The van der Waals surface area contributed by atoms with E-state index >= 15 is 0 Å². The third kappa shape index (κ3) is 3.12. The first kappa shape index (κ1) is 16.2. The summed E-state index contributed by atoms with van der Waals surface area (Å²) in [6.07, 6.45) is 1.67. The Hall–Kier alpha value is -3.31. The van der Waals surface area contributed by atoms with Crippen LogP contribution in [0.5, 0.6) is 11.5 Å². The van der Waals surface area contributed by atoms with E-state index in [1.807, 2.05) is 28.8 Å². The highest BCUT2D eigenvalue weighted by atomic mass is 35.5. The Balaban J connectivity index is 1.61. The topological polar surface area (TPSA) is 64.3 Å². The van der Waals surface area contributed by atoms with Crippen molar-refractivity contribution in [2.45, 2.75) is 0 Å². The highest BCUT2D eigenvalue weighted by molar-refractivity contribution is 6.30. The maximum Gasteiger partial charge on any atom is 0.335 e. The van der Waals surface area contributed by atoms with Crippen molar-refractivity contribution in [3.05, 3.63) is 83.6 Å². The molecule has 6 heteroatoms. The Kier molecular flexibility index (Phi) is 4.07. The summed E-state index contributed by atoms with van der Waals surface area (Å²) in [5, 5.41) is 9.74. The summed E-state index contributed by atoms with van der Waals surface area (Å²) in [5.41, 5.74) is 2.58. The molecule has 0 bridgehead atoms. The van der Waals surface area contributed by atoms with E-state index < -0.39 is 5.97 Å². The number of rotatable bonds is 4. The van der Waals surface area contributed by atoms with E-state index in [1.54, 1.807) is 48.8 Å². The van der Waals surface area contributed by atoms with Gasteiger partial charge in [0.15, 0.2) is 0 Å². The maximum atomic E-state index is 11.1. The number of hydrogen-bond acceptors (Lipinski definition) is 3. The second-order valence-electron chi connectivity index (χ2n) is 5.67. The zero-order chi connectivity index (χ0) is 18.1. The smallest absolute Gasteiger partial charge is 0.335 e. The van der Waals surface area contributed by atoms with E-state index in [2.05, 4.69) is 4.98 Å². The molecule has 3 aromatic carbocycles. The van der Waals surface area contributed by atoms with Crippen LogP contribution in [0.1, 0.15) is 10.4 Å². The molecule has 128 valence electrons. The van der Waals surface area contributed by atoms with Crippen molar-refractivity contribution in [2.75, 3.05) is 0 Å². The molecule has 5 nitrogen and oxygen atoms in total. The normalized spacial score (nSPS) is 10.8. The predicted molar refractivity (Wildman–Crippen MR) is 99.6 cm³/mol. The average molecular weight is 365 g/mol. The lowest BCUT2D eigenvalue weighted by molar-refractivity contribution is 0.0697. The molecular weight excluding hydrogens is 352 g/mol. The summed E-state index contributed by atoms with van der Waals surface area (Å²) in [5.74, 6) is 0.440. The molecule has 4 rings (SSSR count). The van der Waals surface area contributed by atoms with Gasteiger partial charge in [-0.3, -0.25) is 4.57 Å². The van der Waals surface area contributed by atoms with Gasteiger partial charge >= 0.3 is 5.97 Å². The number of fused-ring (bicyclic) bond motifs is 1. The van der Waals surface area contributed by atoms with Crippen LogP contribution < -0.4 is 4.74 Å². The zero-order valence-corrected chi connectivity index (χ0v) is 14.2. The van der Waals surface area contributed by atoms with Gasteiger partial charge in [-0.2, -0.15) is 0 Å².